The van der Waals surface area contributed by atoms with Gasteiger partial charge in [-0.25, -0.2) is 13.1 Å². The summed E-state index contributed by atoms with van der Waals surface area (Å²) in [5.41, 5.74) is 0.897. The number of likely N-dealkylation sites (tertiary alicyclic amines) is 1. The van der Waals surface area contributed by atoms with Crippen LogP contribution in [0.4, 0.5) is 0 Å². The highest BCUT2D eigenvalue weighted by molar-refractivity contribution is 7.89. The summed E-state index contributed by atoms with van der Waals surface area (Å²) in [5.74, 6) is 1.20. The van der Waals surface area contributed by atoms with E-state index in [4.69, 9.17) is 4.74 Å². The highest BCUT2D eigenvalue weighted by Crippen LogP contribution is 2.24. The number of nitrogens with zero attached hydrogens (tertiary/aromatic N) is 1. The van der Waals surface area contributed by atoms with E-state index in [1.807, 2.05) is 13.0 Å². The third-order valence-electron chi connectivity index (χ3n) is 4.43. The summed E-state index contributed by atoms with van der Waals surface area (Å²) >= 11 is 0. The van der Waals surface area contributed by atoms with Gasteiger partial charge in [0.2, 0.25) is 10.0 Å². The standard InChI is InChI=1S/C17H28N2O3S/c1-14-7-11-19(12-8-14)10-4-9-18-23(20,21)17-13-15(2)5-6-16(17)22-3/h5-6,13-14,18H,4,7-12H2,1-3H3. The number of piperidine rings is 1. The number of hydrogen-bond donors (Lipinski definition) is 1. The molecule has 23 heavy (non-hydrogen) atoms. The van der Waals surface area contributed by atoms with Gasteiger partial charge in [0.25, 0.3) is 0 Å². The van der Waals surface area contributed by atoms with E-state index >= 15 is 0 Å². The molecule has 6 heteroatoms. The predicted octanol–water partition coefficient (Wildman–Crippen LogP) is 2.40. The largest absolute Gasteiger partial charge is 0.495 e. The number of aryl methyl sites for hydroxylation is 1. The van der Waals surface area contributed by atoms with Crippen LogP contribution >= 0.6 is 0 Å². The van der Waals surface area contributed by atoms with Crippen molar-refractivity contribution in [2.75, 3.05) is 33.3 Å². The first-order chi connectivity index (χ1) is 10.9. The maximum atomic E-state index is 12.5. The van der Waals surface area contributed by atoms with E-state index in [0.717, 1.165) is 37.5 Å². The molecular weight excluding hydrogens is 312 g/mol. The van der Waals surface area contributed by atoms with E-state index in [1.165, 1.54) is 20.0 Å². The Labute approximate surface area is 140 Å². The molecule has 1 fully saturated rings. The van der Waals surface area contributed by atoms with E-state index in [2.05, 4.69) is 16.5 Å². The molecule has 0 radical (unpaired) electrons. The number of benzene rings is 1. The summed E-state index contributed by atoms with van der Waals surface area (Å²) in [6.45, 7) is 7.81. The topological polar surface area (TPSA) is 58.6 Å². The maximum Gasteiger partial charge on any atom is 0.244 e. The van der Waals surface area contributed by atoms with Gasteiger partial charge in [0.1, 0.15) is 10.6 Å². The van der Waals surface area contributed by atoms with Gasteiger partial charge in [-0.2, -0.15) is 0 Å². The lowest BCUT2D eigenvalue weighted by Crippen LogP contribution is -2.35. The van der Waals surface area contributed by atoms with E-state index in [9.17, 15) is 8.42 Å². The molecule has 130 valence electrons. The first-order valence-corrected chi connectivity index (χ1v) is 9.77. The van der Waals surface area contributed by atoms with Crippen LogP contribution in [0.5, 0.6) is 5.75 Å². The minimum atomic E-state index is -3.53. The molecule has 0 bridgehead atoms. The summed E-state index contributed by atoms with van der Waals surface area (Å²) in [6.07, 6.45) is 3.31. The second-order valence-electron chi connectivity index (χ2n) is 6.43. The maximum absolute atomic E-state index is 12.5. The molecular formula is C17H28N2O3S. The van der Waals surface area contributed by atoms with Crippen LogP contribution in [-0.2, 0) is 10.0 Å². The van der Waals surface area contributed by atoms with Gasteiger partial charge in [0, 0.05) is 6.54 Å². The van der Waals surface area contributed by atoms with Gasteiger partial charge >= 0.3 is 0 Å². The Morgan fingerprint density at radius 1 is 1.30 bits per heavy atom. The minimum absolute atomic E-state index is 0.215. The molecule has 1 N–H and O–H groups in total. The molecule has 1 aromatic rings. The van der Waals surface area contributed by atoms with Crippen molar-refractivity contribution in [3.8, 4) is 5.75 Å². The van der Waals surface area contributed by atoms with Gasteiger partial charge in [-0.05, 0) is 69.4 Å². The molecule has 1 aliphatic rings. The molecule has 0 aromatic heterocycles. The summed E-state index contributed by atoms with van der Waals surface area (Å²) in [5, 5.41) is 0. The molecule has 0 unspecified atom stereocenters. The van der Waals surface area contributed by atoms with Crippen molar-refractivity contribution in [1.29, 1.82) is 0 Å². The van der Waals surface area contributed by atoms with Crippen molar-refractivity contribution in [2.45, 2.75) is 38.0 Å². The van der Waals surface area contributed by atoms with Gasteiger partial charge in [-0.15, -0.1) is 0 Å². The molecule has 0 aliphatic carbocycles. The van der Waals surface area contributed by atoms with Crippen molar-refractivity contribution in [1.82, 2.24) is 9.62 Å². The second kappa shape index (κ2) is 8.13. The van der Waals surface area contributed by atoms with E-state index in [0.29, 0.717) is 12.3 Å². The number of rotatable bonds is 7. The Kier molecular flexibility index (Phi) is 6.44. The lowest BCUT2D eigenvalue weighted by atomic mass is 9.99. The minimum Gasteiger partial charge on any atom is -0.495 e. The number of hydrogen-bond acceptors (Lipinski definition) is 4. The molecule has 2 rings (SSSR count). The second-order valence-corrected chi connectivity index (χ2v) is 8.17. The smallest absolute Gasteiger partial charge is 0.244 e. The predicted molar refractivity (Wildman–Crippen MR) is 92.4 cm³/mol. The number of sulfonamides is 1. The van der Waals surface area contributed by atoms with Gasteiger partial charge in [0.15, 0.2) is 0 Å². The molecule has 0 atom stereocenters. The van der Waals surface area contributed by atoms with Crippen LogP contribution < -0.4 is 9.46 Å². The van der Waals surface area contributed by atoms with E-state index in [-0.39, 0.29) is 4.90 Å². The Balaban J connectivity index is 1.86. The zero-order valence-corrected chi connectivity index (χ0v) is 15.2. The normalized spacial score (nSPS) is 17.3. The first kappa shape index (κ1) is 18.2. The number of methoxy groups -OCH3 is 1. The van der Waals surface area contributed by atoms with Gasteiger partial charge < -0.3 is 9.64 Å². The lowest BCUT2D eigenvalue weighted by molar-refractivity contribution is 0.191. The van der Waals surface area contributed by atoms with Crippen LogP contribution in [0.3, 0.4) is 0 Å². The average Bonchev–Trinajstić information content (AvgIpc) is 2.53. The summed E-state index contributed by atoms with van der Waals surface area (Å²) in [7, 11) is -2.04. The van der Waals surface area contributed by atoms with Gasteiger partial charge in [0.05, 0.1) is 7.11 Å². The van der Waals surface area contributed by atoms with Gasteiger partial charge in [-0.1, -0.05) is 13.0 Å². The molecule has 0 amide bonds. The fourth-order valence-electron chi connectivity index (χ4n) is 2.87. The van der Waals surface area contributed by atoms with Crippen molar-refractivity contribution in [3.05, 3.63) is 23.8 Å². The highest BCUT2D eigenvalue weighted by atomic mass is 32.2. The summed E-state index contributed by atoms with van der Waals surface area (Å²) < 4.78 is 32.8. The average molecular weight is 340 g/mol. The molecule has 5 nitrogen and oxygen atoms in total. The van der Waals surface area contributed by atoms with Crippen LogP contribution in [0.15, 0.2) is 23.1 Å². The first-order valence-electron chi connectivity index (χ1n) is 8.29. The number of nitrogens with one attached hydrogen (secondary N) is 1. The highest BCUT2D eigenvalue weighted by Gasteiger charge is 2.20. The van der Waals surface area contributed by atoms with Crippen LogP contribution in [0.1, 0.15) is 31.7 Å². The molecule has 1 heterocycles. The molecule has 1 saturated heterocycles. The van der Waals surface area contributed by atoms with Crippen molar-refractivity contribution in [3.63, 3.8) is 0 Å². The summed E-state index contributed by atoms with van der Waals surface area (Å²) in [4.78, 5) is 2.63. The Morgan fingerprint density at radius 2 is 2.00 bits per heavy atom. The molecule has 0 saturated carbocycles. The van der Waals surface area contributed by atoms with Crippen molar-refractivity contribution < 1.29 is 13.2 Å². The molecule has 0 spiro atoms. The number of ether oxygens (including phenoxy) is 1. The van der Waals surface area contributed by atoms with Crippen LogP contribution in [0.2, 0.25) is 0 Å². The Bertz CT molecular complexity index is 608. The van der Waals surface area contributed by atoms with Crippen molar-refractivity contribution >= 4 is 10.0 Å². The molecule has 1 aromatic carbocycles. The zero-order chi connectivity index (χ0) is 16.9. The summed E-state index contributed by atoms with van der Waals surface area (Å²) in [6, 6.07) is 5.18. The molecule has 1 aliphatic heterocycles. The Hall–Kier alpha value is -1.11. The van der Waals surface area contributed by atoms with E-state index < -0.39 is 10.0 Å². The Morgan fingerprint density at radius 3 is 2.65 bits per heavy atom. The fourth-order valence-corrected chi connectivity index (χ4v) is 4.19. The third-order valence-corrected chi connectivity index (χ3v) is 5.91. The van der Waals surface area contributed by atoms with E-state index in [1.54, 1.807) is 12.1 Å². The van der Waals surface area contributed by atoms with Crippen molar-refractivity contribution in [2.24, 2.45) is 5.92 Å². The van der Waals surface area contributed by atoms with Gasteiger partial charge in [-0.3, -0.25) is 0 Å². The van der Waals surface area contributed by atoms with Crippen LogP contribution in [0.25, 0.3) is 0 Å². The zero-order valence-electron chi connectivity index (χ0n) is 14.3. The van der Waals surface area contributed by atoms with Crippen LogP contribution in [-0.4, -0.2) is 46.6 Å². The van der Waals surface area contributed by atoms with Crippen LogP contribution in [0, 0.1) is 12.8 Å². The lowest BCUT2D eigenvalue weighted by Gasteiger charge is -2.30. The monoisotopic (exact) mass is 340 g/mol. The fraction of sp³-hybridized carbons (Fsp3) is 0.647. The third kappa shape index (κ3) is 5.19. The SMILES string of the molecule is COc1ccc(C)cc1S(=O)(=O)NCCCN1CCC(C)CC1. The quantitative estimate of drug-likeness (QED) is 0.775.